The molecule has 66 valence electrons. The number of aromatic nitrogens is 4. The first-order chi connectivity index (χ1) is 6.18. The fourth-order valence-electron chi connectivity index (χ4n) is 0.918. The van der Waals surface area contributed by atoms with Crippen LogP contribution in [0.2, 0.25) is 0 Å². The van der Waals surface area contributed by atoms with E-state index in [0.29, 0.717) is 10.7 Å². The molecule has 2 rings (SSSR count). The van der Waals surface area contributed by atoms with Gasteiger partial charge in [-0.05, 0) is 0 Å². The Morgan fingerprint density at radius 2 is 2.38 bits per heavy atom. The molecular weight excluding hydrogens is 192 g/mol. The normalized spacial score (nSPS) is 10.5. The lowest BCUT2D eigenvalue weighted by Crippen LogP contribution is -2.03. The Morgan fingerprint density at radius 1 is 1.62 bits per heavy atom. The molecule has 0 atom stereocenters. The zero-order valence-electron chi connectivity index (χ0n) is 6.25. The van der Waals surface area contributed by atoms with Crippen LogP contribution in [0.25, 0.3) is 5.65 Å². The SMILES string of the molecule is O=C(O)c1cc(S)n2nncc2n1. The van der Waals surface area contributed by atoms with Crippen LogP contribution in [-0.2, 0) is 0 Å². The third-order valence-corrected chi connectivity index (χ3v) is 1.79. The van der Waals surface area contributed by atoms with Crippen LogP contribution in [0.3, 0.4) is 0 Å². The Labute approximate surface area is 77.6 Å². The number of thiol groups is 1. The van der Waals surface area contributed by atoms with Gasteiger partial charge in [-0.2, -0.15) is 4.52 Å². The number of carbonyl (C=O) groups is 1. The Bertz CT molecular complexity index is 480. The minimum absolute atomic E-state index is 0.0696. The second-order valence-electron chi connectivity index (χ2n) is 2.31. The summed E-state index contributed by atoms with van der Waals surface area (Å²) >= 11 is 4.04. The first-order valence-corrected chi connectivity index (χ1v) is 3.77. The lowest BCUT2D eigenvalue weighted by Gasteiger charge is -1.97. The molecule has 0 saturated heterocycles. The third-order valence-electron chi connectivity index (χ3n) is 1.47. The predicted octanol–water partition coefficient (Wildman–Crippen LogP) is 0.111. The monoisotopic (exact) mass is 196 g/mol. The summed E-state index contributed by atoms with van der Waals surface area (Å²) in [5, 5.41) is 16.3. The minimum Gasteiger partial charge on any atom is -0.477 e. The van der Waals surface area contributed by atoms with E-state index in [1.54, 1.807) is 0 Å². The van der Waals surface area contributed by atoms with Gasteiger partial charge in [-0.15, -0.1) is 17.7 Å². The summed E-state index contributed by atoms with van der Waals surface area (Å²) in [5.74, 6) is -1.10. The highest BCUT2D eigenvalue weighted by molar-refractivity contribution is 7.80. The maximum Gasteiger partial charge on any atom is 0.354 e. The summed E-state index contributed by atoms with van der Waals surface area (Å²) in [5.41, 5.74) is 0.296. The van der Waals surface area contributed by atoms with Crippen molar-refractivity contribution >= 4 is 24.2 Å². The van der Waals surface area contributed by atoms with Crippen LogP contribution < -0.4 is 0 Å². The lowest BCUT2D eigenvalue weighted by atomic mass is 10.4. The molecule has 2 aromatic rings. The summed E-state index contributed by atoms with van der Waals surface area (Å²) < 4.78 is 1.34. The fraction of sp³-hybridized carbons (Fsp3) is 0. The van der Waals surface area contributed by atoms with Crippen LogP contribution in [0, 0.1) is 0 Å². The van der Waals surface area contributed by atoms with E-state index in [1.807, 2.05) is 0 Å². The fourth-order valence-corrected chi connectivity index (χ4v) is 1.18. The molecule has 0 amide bonds. The van der Waals surface area contributed by atoms with Crippen LogP contribution in [0.15, 0.2) is 17.3 Å². The highest BCUT2D eigenvalue weighted by Gasteiger charge is 2.09. The van der Waals surface area contributed by atoms with Crippen molar-refractivity contribution in [3.05, 3.63) is 18.0 Å². The van der Waals surface area contributed by atoms with Crippen molar-refractivity contribution < 1.29 is 9.90 Å². The highest BCUT2D eigenvalue weighted by atomic mass is 32.1. The number of nitrogens with zero attached hydrogens (tertiary/aromatic N) is 4. The largest absolute Gasteiger partial charge is 0.477 e. The van der Waals surface area contributed by atoms with E-state index >= 15 is 0 Å². The summed E-state index contributed by atoms with van der Waals surface area (Å²) in [6, 6.07) is 1.31. The Morgan fingerprint density at radius 3 is 3.08 bits per heavy atom. The molecule has 0 unspecified atom stereocenters. The number of rotatable bonds is 1. The lowest BCUT2D eigenvalue weighted by molar-refractivity contribution is 0.0690. The summed E-state index contributed by atoms with van der Waals surface area (Å²) in [4.78, 5) is 14.4. The predicted molar refractivity (Wildman–Crippen MR) is 45.0 cm³/mol. The molecule has 0 aromatic carbocycles. The standard InChI is InChI=1S/C6H4N4O2S/c11-6(12)3-1-5(13)10-4(8-3)2-7-9-10/h1-2,13H,(H,11,12). The highest BCUT2D eigenvalue weighted by Crippen LogP contribution is 2.09. The molecule has 0 radical (unpaired) electrons. The number of hydrogen-bond donors (Lipinski definition) is 2. The van der Waals surface area contributed by atoms with Crippen LogP contribution in [0.1, 0.15) is 10.5 Å². The van der Waals surface area contributed by atoms with Crippen molar-refractivity contribution in [3.8, 4) is 0 Å². The van der Waals surface area contributed by atoms with Crippen molar-refractivity contribution in [2.75, 3.05) is 0 Å². The number of carboxylic acids is 1. The third kappa shape index (κ3) is 1.22. The van der Waals surface area contributed by atoms with E-state index < -0.39 is 5.97 Å². The second kappa shape index (κ2) is 2.70. The van der Waals surface area contributed by atoms with E-state index in [2.05, 4.69) is 27.9 Å². The maximum absolute atomic E-state index is 10.6. The van der Waals surface area contributed by atoms with E-state index in [4.69, 9.17) is 5.11 Å². The van der Waals surface area contributed by atoms with E-state index in [0.717, 1.165) is 0 Å². The molecule has 2 aromatic heterocycles. The molecule has 0 saturated carbocycles. The molecule has 0 fully saturated rings. The van der Waals surface area contributed by atoms with Crippen molar-refractivity contribution in [2.24, 2.45) is 0 Å². The second-order valence-corrected chi connectivity index (χ2v) is 2.77. The molecule has 0 aliphatic carbocycles. The first-order valence-electron chi connectivity index (χ1n) is 3.32. The van der Waals surface area contributed by atoms with Gasteiger partial charge in [0.2, 0.25) is 0 Å². The zero-order valence-corrected chi connectivity index (χ0v) is 7.14. The molecule has 0 aliphatic heterocycles. The average Bonchev–Trinajstić information content (AvgIpc) is 2.51. The van der Waals surface area contributed by atoms with Crippen LogP contribution in [-0.4, -0.2) is 30.9 Å². The summed E-state index contributed by atoms with van der Waals surface area (Å²) in [6.45, 7) is 0. The maximum atomic E-state index is 10.6. The molecule has 2 heterocycles. The van der Waals surface area contributed by atoms with Gasteiger partial charge in [-0.25, -0.2) is 9.78 Å². The molecule has 0 bridgehead atoms. The molecule has 0 aliphatic rings. The van der Waals surface area contributed by atoms with Gasteiger partial charge in [0.15, 0.2) is 11.3 Å². The van der Waals surface area contributed by atoms with Gasteiger partial charge in [0.25, 0.3) is 0 Å². The smallest absolute Gasteiger partial charge is 0.354 e. The van der Waals surface area contributed by atoms with Gasteiger partial charge in [-0.3, -0.25) is 0 Å². The van der Waals surface area contributed by atoms with Gasteiger partial charge in [0.1, 0.15) is 5.03 Å². The summed E-state index contributed by atoms with van der Waals surface area (Å²) in [6.07, 6.45) is 1.37. The number of hydrogen-bond acceptors (Lipinski definition) is 5. The van der Waals surface area contributed by atoms with Crippen LogP contribution >= 0.6 is 12.6 Å². The van der Waals surface area contributed by atoms with E-state index in [9.17, 15) is 4.79 Å². The molecule has 13 heavy (non-hydrogen) atoms. The van der Waals surface area contributed by atoms with Gasteiger partial charge >= 0.3 is 5.97 Å². The van der Waals surface area contributed by atoms with Crippen LogP contribution in [0.4, 0.5) is 0 Å². The van der Waals surface area contributed by atoms with Gasteiger partial charge in [-0.1, -0.05) is 5.21 Å². The number of aromatic carboxylic acids is 1. The van der Waals surface area contributed by atoms with Crippen molar-refractivity contribution in [3.63, 3.8) is 0 Å². The zero-order chi connectivity index (χ0) is 9.42. The van der Waals surface area contributed by atoms with Crippen LogP contribution in [0.5, 0.6) is 0 Å². The van der Waals surface area contributed by atoms with E-state index in [1.165, 1.54) is 16.8 Å². The minimum atomic E-state index is -1.10. The molecule has 6 nitrogen and oxygen atoms in total. The number of fused-ring (bicyclic) bond motifs is 1. The van der Waals surface area contributed by atoms with Gasteiger partial charge in [0.05, 0.1) is 6.20 Å². The Kier molecular flexibility index (Phi) is 1.66. The van der Waals surface area contributed by atoms with Gasteiger partial charge < -0.3 is 5.11 Å². The molecule has 7 heteroatoms. The Balaban J connectivity index is 2.77. The quantitative estimate of drug-likeness (QED) is 0.500. The Hall–Kier alpha value is -1.63. The summed E-state index contributed by atoms with van der Waals surface area (Å²) in [7, 11) is 0. The van der Waals surface area contributed by atoms with Crippen molar-refractivity contribution in [2.45, 2.75) is 5.03 Å². The average molecular weight is 196 g/mol. The van der Waals surface area contributed by atoms with E-state index in [-0.39, 0.29) is 5.69 Å². The molecular formula is C6H4N4O2S. The van der Waals surface area contributed by atoms with Gasteiger partial charge in [0, 0.05) is 6.07 Å². The van der Waals surface area contributed by atoms with Crippen molar-refractivity contribution in [1.29, 1.82) is 0 Å². The first kappa shape index (κ1) is 7.99. The van der Waals surface area contributed by atoms with Crippen molar-refractivity contribution in [1.82, 2.24) is 19.8 Å². The molecule has 1 N–H and O–H groups in total. The number of carboxylic acid groups (broad SMARTS) is 1. The molecule has 0 spiro atoms. The topological polar surface area (TPSA) is 80.4 Å².